The van der Waals surface area contributed by atoms with Gasteiger partial charge in [-0.15, -0.1) is 5.10 Å². The van der Waals surface area contributed by atoms with Gasteiger partial charge in [0.1, 0.15) is 6.10 Å². The molecular weight excluding hydrogens is 318 g/mol. The maximum atomic E-state index is 12.3. The molecule has 8 nitrogen and oxygen atoms in total. The van der Waals surface area contributed by atoms with Gasteiger partial charge in [0.2, 0.25) is 5.88 Å². The first-order valence-electron chi connectivity index (χ1n) is 7.51. The lowest BCUT2D eigenvalue weighted by molar-refractivity contribution is 0.199. The fraction of sp³-hybridized carbons (Fsp3) is 0.500. The van der Waals surface area contributed by atoms with Crippen molar-refractivity contribution >= 4 is 10.0 Å². The second-order valence-corrected chi connectivity index (χ2v) is 7.23. The monoisotopic (exact) mass is 337 g/mol. The van der Waals surface area contributed by atoms with Crippen molar-refractivity contribution in [3.05, 3.63) is 30.1 Å². The van der Waals surface area contributed by atoms with Crippen LogP contribution in [0.2, 0.25) is 0 Å². The number of pyridine rings is 1. The van der Waals surface area contributed by atoms with E-state index in [1.165, 1.54) is 17.9 Å². The molecule has 124 valence electrons. The molecule has 1 fully saturated rings. The second-order valence-electron chi connectivity index (χ2n) is 5.51. The highest BCUT2D eigenvalue weighted by Gasteiger charge is 2.21. The molecular formula is C14H19N5O3S. The van der Waals surface area contributed by atoms with Gasteiger partial charge in [0, 0.05) is 25.4 Å². The van der Waals surface area contributed by atoms with Crippen LogP contribution in [0.5, 0.6) is 5.88 Å². The summed E-state index contributed by atoms with van der Waals surface area (Å²) < 4.78 is 34.2. The molecule has 0 saturated heterocycles. The molecule has 1 N–H and O–H groups in total. The molecule has 0 bridgehead atoms. The van der Waals surface area contributed by atoms with Gasteiger partial charge in [-0.05, 0) is 31.7 Å². The van der Waals surface area contributed by atoms with Crippen molar-refractivity contribution in [1.29, 1.82) is 0 Å². The SMILES string of the molecule is Cn1nncc1S(=O)(=O)NCc1cccnc1OC1CCCC1. The standard InChI is InChI=1S/C14H19N5O3S/c1-19-13(10-16-18-19)23(20,21)17-9-11-5-4-8-15-14(11)22-12-6-2-3-7-12/h4-5,8,10,12,17H,2-3,6-7,9H2,1H3. The molecule has 0 aromatic carbocycles. The van der Waals surface area contributed by atoms with Crippen molar-refractivity contribution < 1.29 is 13.2 Å². The van der Waals surface area contributed by atoms with Gasteiger partial charge in [-0.3, -0.25) is 0 Å². The quantitative estimate of drug-likeness (QED) is 0.844. The Kier molecular flexibility index (Phi) is 4.58. The Balaban J connectivity index is 1.72. The zero-order chi connectivity index (χ0) is 16.3. The van der Waals surface area contributed by atoms with Crippen LogP contribution >= 0.6 is 0 Å². The third kappa shape index (κ3) is 3.67. The van der Waals surface area contributed by atoms with Gasteiger partial charge in [-0.1, -0.05) is 11.3 Å². The fourth-order valence-electron chi connectivity index (χ4n) is 2.60. The van der Waals surface area contributed by atoms with Crippen molar-refractivity contribution in [3.63, 3.8) is 0 Å². The van der Waals surface area contributed by atoms with E-state index in [4.69, 9.17) is 4.74 Å². The van der Waals surface area contributed by atoms with E-state index in [2.05, 4.69) is 20.0 Å². The summed E-state index contributed by atoms with van der Waals surface area (Å²) in [5, 5.41) is 7.23. The van der Waals surface area contributed by atoms with Crippen LogP contribution in [-0.4, -0.2) is 34.5 Å². The molecule has 1 saturated carbocycles. The van der Waals surface area contributed by atoms with Crippen LogP contribution in [0.25, 0.3) is 0 Å². The number of nitrogens with one attached hydrogen (secondary N) is 1. The highest BCUT2D eigenvalue weighted by molar-refractivity contribution is 7.89. The van der Waals surface area contributed by atoms with E-state index >= 15 is 0 Å². The maximum Gasteiger partial charge on any atom is 0.259 e. The second kappa shape index (κ2) is 6.63. The number of aryl methyl sites for hydroxylation is 1. The van der Waals surface area contributed by atoms with Crippen LogP contribution in [0, 0.1) is 0 Å². The molecule has 2 aromatic rings. The Hall–Kier alpha value is -2.00. The van der Waals surface area contributed by atoms with Gasteiger partial charge < -0.3 is 4.74 Å². The first-order valence-corrected chi connectivity index (χ1v) is 8.99. The van der Waals surface area contributed by atoms with E-state index in [9.17, 15) is 8.42 Å². The van der Waals surface area contributed by atoms with Crippen molar-refractivity contribution in [2.24, 2.45) is 7.05 Å². The average Bonchev–Trinajstić information content (AvgIpc) is 3.18. The smallest absolute Gasteiger partial charge is 0.259 e. The molecule has 0 radical (unpaired) electrons. The molecule has 0 unspecified atom stereocenters. The fourth-order valence-corrected chi connectivity index (χ4v) is 3.66. The van der Waals surface area contributed by atoms with Gasteiger partial charge in [-0.25, -0.2) is 22.8 Å². The number of ether oxygens (including phenoxy) is 1. The molecule has 0 aliphatic heterocycles. The lowest BCUT2D eigenvalue weighted by Gasteiger charge is -2.15. The molecule has 0 atom stereocenters. The zero-order valence-corrected chi connectivity index (χ0v) is 13.7. The maximum absolute atomic E-state index is 12.3. The summed E-state index contributed by atoms with van der Waals surface area (Å²) in [5.41, 5.74) is 0.707. The number of nitrogens with zero attached hydrogens (tertiary/aromatic N) is 4. The third-order valence-electron chi connectivity index (χ3n) is 3.83. The summed E-state index contributed by atoms with van der Waals surface area (Å²) in [6.07, 6.45) is 7.38. The number of hydrogen-bond acceptors (Lipinski definition) is 6. The lowest BCUT2D eigenvalue weighted by atomic mass is 10.2. The third-order valence-corrected chi connectivity index (χ3v) is 5.28. The molecule has 2 heterocycles. The Morgan fingerprint density at radius 2 is 2.17 bits per heavy atom. The van der Waals surface area contributed by atoms with Gasteiger partial charge in [-0.2, -0.15) is 0 Å². The Morgan fingerprint density at radius 1 is 1.39 bits per heavy atom. The summed E-state index contributed by atoms with van der Waals surface area (Å²) in [6.45, 7) is 0.101. The van der Waals surface area contributed by atoms with Gasteiger partial charge in [0.25, 0.3) is 10.0 Å². The van der Waals surface area contributed by atoms with Crippen molar-refractivity contribution in [3.8, 4) is 5.88 Å². The minimum Gasteiger partial charge on any atom is -0.474 e. The predicted molar refractivity (Wildman–Crippen MR) is 82.1 cm³/mol. The number of aromatic nitrogens is 4. The van der Waals surface area contributed by atoms with Gasteiger partial charge in [0.05, 0.1) is 6.20 Å². The first kappa shape index (κ1) is 15.9. The largest absolute Gasteiger partial charge is 0.474 e. The average molecular weight is 337 g/mol. The number of sulfonamides is 1. The van der Waals surface area contributed by atoms with E-state index in [1.807, 2.05) is 0 Å². The predicted octanol–water partition coefficient (Wildman–Crippen LogP) is 1.01. The van der Waals surface area contributed by atoms with Crippen molar-refractivity contribution in [2.45, 2.75) is 43.4 Å². The highest BCUT2D eigenvalue weighted by atomic mass is 32.2. The number of rotatable bonds is 6. The summed E-state index contributed by atoms with van der Waals surface area (Å²) in [5.74, 6) is 0.491. The topological polar surface area (TPSA) is 99.0 Å². The van der Waals surface area contributed by atoms with Gasteiger partial charge >= 0.3 is 0 Å². The first-order chi connectivity index (χ1) is 11.1. The molecule has 0 spiro atoms. The van der Waals surface area contributed by atoms with E-state index in [1.54, 1.807) is 18.3 Å². The van der Waals surface area contributed by atoms with Crippen LogP contribution in [0.15, 0.2) is 29.6 Å². The Labute approximate surface area is 134 Å². The molecule has 1 aliphatic rings. The van der Waals surface area contributed by atoms with Crippen LogP contribution < -0.4 is 9.46 Å². The van der Waals surface area contributed by atoms with Gasteiger partial charge in [0.15, 0.2) is 5.03 Å². The van der Waals surface area contributed by atoms with E-state index in [0.29, 0.717) is 11.4 Å². The molecule has 1 aliphatic carbocycles. The summed E-state index contributed by atoms with van der Waals surface area (Å²) in [6, 6.07) is 3.57. The Morgan fingerprint density at radius 3 is 2.87 bits per heavy atom. The molecule has 23 heavy (non-hydrogen) atoms. The zero-order valence-electron chi connectivity index (χ0n) is 12.8. The van der Waals surface area contributed by atoms with Crippen LogP contribution in [0.4, 0.5) is 0 Å². The molecule has 0 amide bonds. The van der Waals surface area contributed by atoms with Crippen LogP contribution in [0.3, 0.4) is 0 Å². The summed E-state index contributed by atoms with van der Waals surface area (Å²) in [7, 11) is -2.16. The summed E-state index contributed by atoms with van der Waals surface area (Å²) >= 11 is 0. The van der Waals surface area contributed by atoms with Crippen LogP contribution in [0.1, 0.15) is 31.2 Å². The van der Waals surface area contributed by atoms with Crippen molar-refractivity contribution in [2.75, 3.05) is 0 Å². The van der Waals surface area contributed by atoms with E-state index in [-0.39, 0.29) is 17.7 Å². The Bertz CT molecular complexity index is 768. The molecule has 9 heteroatoms. The highest BCUT2D eigenvalue weighted by Crippen LogP contribution is 2.25. The van der Waals surface area contributed by atoms with Crippen LogP contribution in [-0.2, 0) is 23.6 Å². The number of hydrogen-bond donors (Lipinski definition) is 1. The normalized spacial score (nSPS) is 15.9. The summed E-state index contributed by atoms with van der Waals surface area (Å²) in [4.78, 5) is 4.24. The minimum absolute atomic E-state index is 0.0136. The lowest BCUT2D eigenvalue weighted by Crippen LogP contribution is -2.26. The molecule has 2 aromatic heterocycles. The van der Waals surface area contributed by atoms with E-state index in [0.717, 1.165) is 25.7 Å². The minimum atomic E-state index is -3.69. The van der Waals surface area contributed by atoms with Crippen molar-refractivity contribution in [1.82, 2.24) is 24.7 Å². The van der Waals surface area contributed by atoms with E-state index < -0.39 is 10.0 Å². The molecule has 3 rings (SSSR count).